The highest BCUT2D eigenvalue weighted by Gasteiger charge is 2.15. The summed E-state index contributed by atoms with van der Waals surface area (Å²) < 4.78 is 0. The summed E-state index contributed by atoms with van der Waals surface area (Å²) in [4.78, 5) is 18.5. The quantitative estimate of drug-likeness (QED) is 0.658. The molecule has 1 amide bonds. The summed E-state index contributed by atoms with van der Waals surface area (Å²) in [7, 11) is 0. The van der Waals surface area contributed by atoms with E-state index in [0.29, 0.717) is 12.1 Å². The average molecular weight is 214 g/mol. The van der Waals surface area contributed by atoms with Crippen molar-refractivity contribution in [3.63, 3.8) is 0 Å². The van der Waals surface area contributed by atoms with Gasteiger partial charge >= 0.3 is 0 Å². The number of nitrogens with two attached hydrogens (primary N) is 1. The van der Waals surface area contributed by atoms with Gasteiger partial charge in [0.2, 0.25) is 5.91 Å². The third-order valence-corrected chi connectivity index (χ3v) is 2.72. The van der Waals surface area contributed by atoms with E-state index in [4.69, 9.17) is 5.73 Å². The van der Waals surface area contributed by atoms with Gasteiger partial charge in [0.15, 0.2) is 0 Å². The van der Waals surface area contributed by atoms with E-state index in [9.17, 15) is 4.79 Å². The van der Waals surface area contributed by atoms with Crippen molar-refractivity contribution in [2.45, 2.75) is 0 Å². The van der Waals surface area contributed by atoms with Crippen molar-refractivity contribution in [3.05, 3.63) is 29.6 Å². The zero-order valence-electron chi connectivity index (χ0n) is 8.45. The number of rotatable bonds is 1. The lowest BCUT2D eigenvalue weighted by atomic mass is 10.1. The second kappa shape index (κ2) is 3.10. The Labute approximate surface area is 91.4 Å². The molecule has 0 bridgehead atoms. The smallest absolute Gasteiger partial charge is 0.246 e. The van der Waals surface area contributed by atoms with Gasteiger partial charge in [-0.15, -0.1) is 0 Å². The Balaban J connectivity index is 2.29. The SMILES string of the molecule is NC(=O)C1=Cc2c[nH]c3nccc(c23)NC1. The molecule has 1 aliphatic heterocycles. The predicted molar refractivity (Wildman–Crippen MR) is 61.8 cm³/mol. The lowest BCUT2D eigenvalue weighted by molar-refractivity contribution is -0.114. The minimum atomic E-state index is -0.400. The molecule has 16 heavy (non-hydrogen) atoms. The van der Waals surface area contributed by atoms with Crippen LogP contribution in [-0.2, 0) is 4.79 Å². The second-order valence-corrected chi connectivity index (χ2v) is 3.71. The summed E-state index contributed by atoms with van der Waals surface area (Å²) in [5, 5.41) is 4.18. The van der Waals surface area contributed by atoms with Crippen molar-refractivity contribution in [2.75, 3.05) is 11.9 Å². The summed E-state index contributed by atoms with van der Waals surface area (Å²) in [5.74, 6) is -0.400. The molecule has 0 aromatic carbocycles. The first kappa shape index (κ1) is 8.96. The molecule has 4 N–H and O–H groups in total. The number of carbonyl (C=O) groups is 1. The van der Waals surface area contributed by atoms with Crippen LogP contribution in [0.3, 0.4) is 0 Å². The van der Waals surface area contributed by atoms with Gasteiger partial charge in [0, 0.05) is 41.1 Å². The fraction of sp³-hybridized carbons (Fsp3) is 0.0909. The highest BCUT2D eigenvalue weighted by molar-refractivity contribution is 6.04. The summed E-state index contributed by atoms with van der Waals surface area (Å²) in [6.45, 7) is 0.448. The largest absolute Gasteiger partial charge is 0.380 e. The Kier molecular flexibility index (Phi) is 1.73. The van der Waals surface area contributed by atoms with Crippen LogP contribution in [0.1, 0.15) is 5.56 Å². The maximum atomic E-state index is 11.2. The molecule has 0 fully saturated rings. The number of nitrogens with one attached hydrogen (secondary N) is 2. The molecule has 0 radical (unpaired) electrons. The Bertz CT molecular complexity index is 611. The van der Waals surface area contributed by atoms with Gasteiger partial charge in [0.1, 0.15) is 5.65 Å². The maximum absolute atomic E-state index is 11.2. The van der Waals surface area contributed by atoms with Crippen molar-refractivity contribution in [1.29, 1.82) is 0 Å². The molecule has 5 nitrogen and oxygen atoms in total. The van der Waals surface area contributed by atoms with Gasteiger partial charge in [0.05, 0.1) is 0 Å². The number of pyridine rings is 1. The van der Waals surface area contributed by atoms with E-state index in [2.05, 4.69) is 15.3 Å². The topological polar surface area (TPSA) is 83.8 Å². The number of aromatic nitrogens is 2. The normalized spacial score (nSPS) is 14.1. The summed E-state index contributed by atoms with van der Waals surface area (Å²) in [5.41, 5.74) is 8.58. The first-order chi connectivity index (χ1) is 7.75. The van der Waals surface area contributed by atoms with Gasteiger partial charge in [-0.05, 0) is 12.1 Å². The van der Waals surface area contributed by atoms with Gasteiger partial charge in [0.25, 0.3) is 0 Å². The van der Waals surface area contributed by atoms with Gasteiger partial charge in [-0.1, -0.05) is 0 Å². The monoisotopic (exact) mass is 214 g/mol. The zero-order chi connectivity index (χ0) is 11.1. The number of hydrogen-bond acceptors (Lipinski definition) is 3. The van der Waals surface area contributed by atoms with Crippen LogP contribution >= 0.6 is 0 Å². The maximum Gasteiger partial charge on any atom is 0.246 e. The number of primary amides is 1. The van der Waals surface area contributed by atoms with Crippen LogP contribution in [0.15, 0.2) is 24.0 Å². The number of anilines is 1. The Hall–Kier alpha value is -2.30. The summed E-state index contributed by atoms with van der Waals surface area (Å²) in [6.07, 6.45) is 5.35. The molecule has 2 aromatic rings. The van der Waals surface area contributed by atoms with Crippen LogP contribution in [0.2, 0.25) is 0 Å². The molecule has 0 spiro atoms. The Morgan fingerprint density at radius 1 is 1.50 bits per heavy atom. The van der Waals surface area contributed by atoms with Crippen molar-refractivity contribution in [3.8, 4) is 0 Å². The van der Waals surface area contributed by atoms with Crippen LogP contribution < -0.4 is 11.1 Å². The zero-order valence-corrected chi connectivity index (χ0v) is 8.45. The van der Waals surface area contributed by atoms with Gasteiger partial charge in [-0.3, -0.25) is 4.79 Å². The lowest BCUT2D eigenvalue weighted by Crippen LogP contribution is -2.19. The van der Waals surface area contributed by atoms with Crippen LogP contribution in [-0.4, -0.2) is 22.4 Å². The van der Waals surface area contributed by atoms with Crippen molar-refractivity contribution < 1.29 is 4.79 Å². The molecule has 0 unspecified atom stereocenters. The molecule has 0 saturated carbocycles. The molecule has 5 heteroatoms. The molecule has 80 valence electrons. The first-order valence-corrected chi connectivity index (χ1v) is 4.96. The fourth-order valence-corrected chi connectivity index (χ4v) is 1.93. The van der Waals surface area contributed by atoms with E-state index in [0.717, 1.165) is 22.3 Å². The second-order valence-electron chi connectivity index (χ2n) is 3.71. The van der Waals surface area contributed by atoms with Crippen LogP contribution in [0.5, 0.6) is 0 Å². The van der Waals surface area contributed by atoms with E-state index in [1.54, 1.807) is 12.3 Å². The van der Waals surface area contributed by atoms with E-state index in [1.165, 1.54) is 0 Å². The third kappa shape index (κ3) is 1.18. The molecule has 1 aliphatic rings. The van der Waals surface area contributed by atoms with E-state index in [-0.39, 0.29) is 0 Å². The molecule has 3 rings (SSSR count). The van der Waals surface area contributed by atoms with Crippen molar-refractivity contribution in [1.82, 2.24) is 9.97 Å². The molecule has 3 heterocycles. The number of carbonyl (C=O) groups excluding carboxylic acids is 1. The van der Waals surface area contributed by atoms with Gasteiger partial charge < -0.3 is 16.0 Å². The molecule has 0 aliphatic carbocycles. The van der Waals surface area contributed by atoms with Crippen LogP contribution in [0.4, 0.5) is 5.69 Å². The molecular formula is C11H10N4O. The lowest BCUT2D eigenvalue weighted by Gasteiger charge is -2.05. The first-order valence-electron chi connectivity index (χ1n) is 4.96. The number of amides is 1. The van der Waals surface area contributed by atoms with Crippen molar-refractivity contribution >= 4 is 28.7 Å². The fourth-order valence-electron chi connectivity index (χ4n) is 1.93. The highest BCUT2D eigenvalue weighted by atomic mass is 16.1. The van der Waals surface area contributed by atoms with E-state index < -0.39 is 5.91 Å². The number of H-pyrrole nitrogens is 1. The summed E-state index contributed by atoms with van der Waals surface area (Å²) >= 11 is 0. The Morgan fingerprint density at radius 2 is 2.38 bits per heavy atom. The van der Waals surface area contributed by atoms with Crippen LogP contribution in [0, 0.1) is 0 Å². The molecule has 0 saturated heterocycles. The van der Waals surface area contributed by atoms with E-state index in [1.807, 2.05) is 12.3 Å². The predicted octanol–water partition coefficient (Wildman–Crippen LogP) is 0.857. The van der Waals surface area contributed by atoms with Gasteiger partial charge in [-0.2, -0.15) is 0 Å². The van der Waals surface area contributed by atoms with E-state index >= 15 is 0 Å². The minimum absolute atomic E-state index is 0.400. The Morgan fingerprint density at radius 3 is 3.19 bits per heavy atom. The van der Waals surface area contributed by atoms with Gasteiger partial charge in [-0.25, -0.2) is 4.98 Å². The molecule has 2 aromatic heterocycles. The number of nitrogens with zero attached hydrogens (tertiary/aromatic N) is 1. The summed E-state index contributed by atoms with van der Waals surface area (Å²) in [6, 6.07) is 1.89. The third-order valence-electron chi connectivity index (χ3n) is 2.72. The van der Waals surface area contributed by atoms with Crippen LogP contribution in [0.25, 0.3) is 17.1 Å². The minimum Gasteiger partial charge on any atom is -0.380 e. The van der Waals surface area contributed by atoms with Crippen molar-refractivity contribution in [2.24, 2.45) is 5.73 Å². The standard InChI is InChI=1S/C11H10N4O/c12-10(16)7-3-6-4-15-11-9(6)8(14-5-7)1-2-13-11/h1-4,14H,5H2,(H2,12,16)(H,13,15). The number of hydrogen-bond donors (Lipinski definition) is 3. The molecular weight excluding hydrogens is 204 g/mol. The highest BCUT2D eigenvalue weighted by Crippen LogP contribution is 2.29. The average Bonchev–Trinajstić information content (AvgIpc) is 2.56. The molecule has 0 atom stereocenters. The number of aromatic amines is 1.